The average molecular weight is 278 g/mol. The molecule has 0 radical (unpaired) electrons. The third kappa shape index (κ3) is 3.35. The van der Waals surface area contributed by atoms with Crippen molar-refractivity contribution in [1.29, 1.82) is 0 Å². The molecule has 0 spiro atoms. The molecule has 9 heteroatoms. The van der Waals surface area contributed by atoms with Crippen LogP contribution >= 0.6 is 11.8 Å². The molecule has 8 nitrogen and oxygen atoms in total. The van der Waals surface area contributed by atoms with Gasteiger partial charge in [-0.3, -0.25) is 10.1 Å². The van der Waals surface area contributed by atoms with Crippen LogP contribution in [0.25, 0.3) is 0 Å². The summed E-state index contributed by atoms with van der Waals surface area (Å²) in [5, 5.41) is 14.7. The summed E-state index contributed by atoms with van der Waals surface area (Å²) in [5.74, 6) is 0.352. The maximum absolute atomic E-state index is 10.9. The first-order valence-corrected chi connectivity index (χ1v) is 6.21. The van der Waals surface area contributed by atoms with Crippen LogP contribution < -0.4 is 5.32 Å². The van der Waals surface area contributed by atoms with Gasteiger partial charge < -0.3 is 5.32 Å². The number of rotatable bonds is 5. The second-order valence-electron chi connectivity index (χ2n) is 3.32. The van der Waals surface area contributed by atoms with Crippen LogP contribution in [0.15, 0.2) is 34.8 Å². The fourth-order valence-corrected chi connectivity index (χ4v) is 2.03. The Morgan fingerprint density at radius 1 is 1.47 bits per heavy atom. The van der Waals surface area contributed by atoms with Crippen LogP contribution in [0, 0.1) is 10.1 Å². The Morgan fingerprint density at radius 2 is 2.32 bits per heavy atom. The largest absolute Gasteiger partial charge is 0.354 e. The minimum Gasteiger partial charge on any atom is -0.354 e. The molecule has 0 saturated heterocycles. The lowest BCUT2D eigenvalue weighted by molar-refractivity contribution is -0.388. The monoisotopic (exact) mass is 278 g/mol. The van der Waals surface area contributed by atoms with Crippen molar-refractivity contribution in [3.63, 3.8) is 0 Å². The molecule has 0 atom stereocenters. The van der Waals surface area contributed by atoms with Crippen LogP contribution in [-0.4, -0.2) is 31.4 Å². The number of nitro groups is 1. The van der Waals surface area contributed by atoms with Gasteiger partial charge in [0.05, 0.1) is 4.92 Å². The lowest BCUT2D eigenvalue weighted by Gasteiger charge is -2.04. The van der Waals surface area contributed by atoms with Gasteiger partial charge >= 0.3 is 5.69 Å². The summed E-state index contributed by atoms with van der Waals surface area (Å²) in [6, 6.07) is 1.66. The second-order valence-corrected chi connectivity index (χ2v) is 4.33. The van der Waals surface area contributed by atoms with Crippen molar-refractivity contribution in [2.75, 3.05) is 11.9 Å². The van der Waals surface area contributed by atoms with Crippen molar-refractivity contribution in [3.05, 3.63) is 34.9 Å². The minimum absolute atomic E-state index is 0.148. The maximum atomic E-state index is 10.9. The van der Waals surface area contributed by atoms with Crippen LogP contribution in [0.2, 0.25) is 0 Å². The Hall–Kier alpha value is -2.29. The van der Waals surface area contributed by atoms with Crippen LogP contribution in [0.4, 0.5) is 11.6 Å². The van der Waals surface area contributed by atoms with Crippen LogP contribution in [0.1, 0.15) is 6.92 Å². The normalized spacial score (nSPS) is 10.2. The van der Waals surface area contributed by atoms with E-state index in [9.17, 15) is 10.1 Å². The Kier molecular flexibility index (Phi) is 4.18. The number of nitrogens with one attached hydrogen (secondary N) is 1. The third-order valence-corrected chi connectivity index (χ3v) is 2.97. The standard InChI is InChI=1S/C10H10N6O2S/c1-2-12-10-13-5-7(16(17)18)9(15-10)19-8-3-4-11-6-14-8/h3-6H,2H2,1H3,(H,12,13,15). The smallest absolute Gasteiger partial charge is 0.320 e. The number of hydrogen-bond acceptors (Lipinski definition) is 8. The zero-order valence-corrected chi connectivity index (χ0v) is 10.8. The molecule has 0 saturated carbocycles. The van der Waals surface area contributed by atoms with Crippen molar-refractivity contribution in [1.82, 2.24) is 19.9 Å². The van der Waals surface area contributed by atoms with E-state index >= 15 is 0 Å². The molecule has 0 aliphatic carbocycles. The fourth-order valence-electron chi connectivity index (χ4n) is 1.24. The predicted octanol–water partition coefficient (Wildman–Crippen LogP) is 1.76. The molecular weight excluding hydrogens is 268 g/mol. The Morgan fingerprint density at radius 3 is 2.95 bits per heavy atom. The highest BCUT2D eigenvalue weighted by Gasteiger charge is 2.18. The summed E-state index contributed by atoms with van der Waals surface area (Å²) in [6.07, 6.45) is 4.13. The van der Waals surface area contributed by atoms with Crippen LogP contribution in [-0.2, 0) is 0 Å². The highest BCUT2D eigenvalue weighted by Crippen LogP contribution is 2.31. The molecule has 2 aromatic rings. The predicted molar refractivity (Wildman–Crippen MR) is 69.0 cm³/mol. The zero-order chi connectivity index (χ0) is 13.7. The van der Waals surface area contributed by atoms with Crippen molar-refractivity contribution >= 4 is 23.4 Å². The zero-order valence-electron chi connectivity index (χ0n) is 9.98. The summed E-state index contributed by atoms with van der Waals surface area (Å²) >= 11 is 1.10. The van der Waals surface area contributed by atoms with E-state index < -0.39 is 4.92 Å². The first-order chi connectivity index (χ1) is 9.20. The average Bonchev–Trinajstić information content (AvgIpc) is 2.40. The summed E-state index contributed by atoms with van der Waals surface area (Å²) in [5.41, 5.74) is -0.148. The highest BCUT2D eigenvalue weighted by molar-refractivity contribution is 7.99. The quantitative estimate of drug-likeness (QED) is 0.501. The Bertz CT molecular complexity index is 579. The van der Waals surface area contributed by atoms with Gasteiger partial charge in [0.1, 0.15) is 17.6 Å². The van der Waals surface area contributed by atoms with E-state index in [1.54, 1.807) is 12.3 Å². The molecular formula is C10H10N6O2S. The van der Waals surface area contributed by atoms with Crippen LogP contribution in [0.5, 0.6) is 0 Å². The lowest BCUT2D eigenvalue weighted by atomic mass is 10.5. The van der Waals surface area contributed by atoms with E-state index in [2.05, 4.69) is 25.3 Å². The molecule has 2 heterocycles. The number of nitrogens with zero attached hydrogens (tertiary/aromatic N) is 5. The van der Waals surface area contributed by atoms with Crippen LogP contribution in [0.3, 0.4) is 0 Å². The van der Waals surface area contributed by atoms with Gasteiger partial charge in [-0.25, -0.2) is 15.0 Å². The molecule has 1 N–H and O–H groups in total. The van der Waals surface area contributed by atoms with Crippen molar-refractivity contribution in [2.24, 2.45) is 0 Å². The topological polar surface area (TPSA) is 107 Å². The van der Waals surface area contributed by atoms with Gasteiger partial charge in [0.15, 0.2) is 5.03 Å². The van der Waals surface area contributed by atoms with E-state index in [0.29, 0.717) is 17.5 Å². The Labute approximate surface area is 112 Å². The Balaban J connectivity index is 2.35. The van der Waals surface area contributed by atoms with Crippen molar-refractivity contribution < 1.29 is 4.92 Å². The van der Waals surface area contributed by atoms with Gasteiger partial charge in [0.2, 0.25) is 5.95 Å². The minimum atomic E-state index is -0.515. The molecule has 0 aliphatic rings. The number of anilines is 1. The summed E-state index contributed by atoms with van der Waals surface area (Å²) in [6.45, 7) is 2.53. The summed E-state index contributed by atoms with van der Waals surface area (Å²) < 4.78 is 0. The molecule has 0 amide bonds. The lowest BCUT2D eigenvalue weighted by Crippen LogP contribution is -2.04. The number of hydrogen-bond donors (Lipinski definition) is 1. The highest BCUT2D eigenvalue weighted by atomic mass is 32.2. The first-order valence-electron chi connectivity index (χ1n) is 5.40. The van der Waals surface area contributed by atoms with Crippen molar-refractivity contribution in [3.8, 4) is 0 Å². The molecule has 2 aromatic heterocycles. The van der Waals surface area contributed by atoms with Gasteiger partial charge in [-0.15, -0.1) is 0 Å². The molecule has 2 rings (SSSR count). The fraction of sp³-hybridized carbons (Fsp3) is 0.200. The van der Waals surface area contributed by atoms with Gasteiger partial charge in [-0.1, -0.05) is 0 Å². The molecule has 0 unspecified atom stereocenters. The van der Waals surface area contributed by atoms with Gasteiger partial charge in [0, 0.05) is 12.7 Å². The maximum Gasteiger partial charge on any atom is 0.320 e. The van der Waals surface area contributed by atoms with E-state index in [1.807, 2.05) is 6.92 Å². The molecule has 98 valence electrons. The first kappa shape index (κ1) is 13.1. The van der Waals surface area contributed by atoms with Gasteiger partial charge in [-0.05, 0) is 24.8 Å². The number of aromatic nitrogens is 4. The van der Waals surface area contributed by atoms with E-state index in [1.165, 1.54) is 12.5 Å². The summed E-state index contributed by atoms with van der Waals surface area (Å²) in [7, 11) is 0. The molecule has 19 heavy (non-hydrogen) atoms. The van der Waals surface area contributed by atoms with Gasteiger partial charge in [0.25, 0.3) is 0 Å². The van der Waals surface area contributed by atoms with E-state index in [4.69, 9.17) is 0 Å². The molecule has 0 fully saturated rings. The SMILES string of the molecule is CCNc1ncc([N+](=O)[O-])c(Sc2ccncn2)n1. The summed E-state index contributed by atoms with van der Waals surface area (Å²) in [4.78, 5) is 26.2. The molecule has 0 aromatic carbocycles. The second kappa shape index (κ2) is 6.05. The molecule has 0 bridgehead atoms. The third-order valence-electron chi connectivity index (χ3n) is 2.02. The van der Waals surface area contributed by atoms with E-state index in [-0.39, 0.29) is 10.7 Å². The van der Waals surface area contributed by atoms with Gasteiger partial charge in [-0.2, -0.15) is 4.98 Å². The molecule has 0 aliphatic heterocycles. The van der Waals surface area contributed by atoms with E-state index in [0.717, 1.165) is 11.8 Å². The van der Waals surface area contributed by atoms with Crippen molar-refractivity contribution in [2.45, 2.75) is 17.0 Å².